The van der Waals surface area contributed by atoms with Gasteiger partial charge in [-0.05, 0) is 42.5 Å². The lowest BCUT2D eigenvalue weighted by Crippen LogP contribution is -2.13. The van der Waals surface area contributed by atoms with Gasteiger partial charge in [-0.15, -0.1) is 5.10 Å². The molecule has 1 amide bonds. The zero-order chi connectivity index (χ0) is 20.5. The van der Waals surface area contributed by atoms with Crippen molar-refractivity contribution in [2.45, 2.75) is 0 Å². The minimum Gasteiger partial charge on any atom is -0.480 e. The number of carbonyl (C=O) groups is 1. The first-order chi connectivity index (χ1) is 13.9. The zero-order valence-corrected chi connectivity index (χ0v) is 16.5. The lowest BCUT2D eigenvalue weighted by Gasteiger charge is -2.09. The molecule has 0 atom stereocenters. The summed E-state index contributed by atoms with van der Waals surface area (Å²) in [7, 11) is 1.52. The number of rotatable bonds is 4. The summed E-state index contributed by atoms with van der Waals surface area (Å²) < 4.78 is 21.0. The van der Waals surface area contributed by atoms with Gasteiger partial charge in [0.1, 0.15) is 5.82 Å². The van der Waals surface area contributed by atoms with E-state index in [0.29, 0.717) is 27.8 Å². The van der Waals surface area contributed by atoms with E-state index < -0.39 is 11.7 Å². The molecule has 0 aliphatic carbocycles. The largest absolute Gasteiger partial charge is 0.480 e. The van der Waals surface area contributed by atoms with Crippen LogP contribution in [-0.4, -0.2) is 27.6 Å². The number of carbonyl (C=O) groups excluding carboxylic acids is 1. The molecule has 6 nitrogen and oxygen atoms in total. The van der Waals surface area contributed by atoms with Crippen molar-refractivity contribution >= 4 is 40.4 Å². The fourth-order valence-electron chi connectivity index (χ4n) is 2.75. The predicted octanol–water partition coefficient (Wildman–Crippen LogP) is 5.10. The van der Waals surface area contributed by atoms with Gasteiger partial charge in [0.05, 0.1) is 35.3 Å². The number of aromatic nitrogens is 3. The molecule has 0 aliphatic heterocycles. The molecule has 0 aliphatic rings. The molecule has 2 aromatic heterocycles. The van der Waals surface area contributed by atoms with E-state index in [1.165, 1.54) is 31.4 Å². The summed E-state index contributed by atoms with van der Waals surface area (Å²) in [5, 5.41) is 7.34. The quantitative estimate of drug-likeness (QED) is 0.488. The summed E-state index contributed by atoms with van der Waals surface area (Å²) in [5.74, 6) is -0.731. The molecule has 4 aromatic rings. The number of amides is 1. The maximum absolute atomic E-state index is 14.3. The van der Waals surface area contributed by atoms with Crippen LogP contribution in [0, 0.1) is 5.82 Å². The van der Waals surface area contributed by atoms with Crippen molar-refractivity contribution in [3.8, 4) is 17.1 Å². The van der Waals surface area contributed by atoms with Gasteiger partial charge in [0.25, 0.3) is 5.91 Å². The van der Waals surface area contributed by atoms with E-state index in [4.69, 9.17) is 27.9 Å². The van der Waals surface area contributed by atoms with Crippen LogP contribution in [0.1, 0.15) is 10.4 Å². The van der Waals surface area contributed by atoms with Crippen molar-refractivity contribution in [3.63, 3.8) is 0 Å². The highest BCUT2D eigenvalue weighted by atomic mass is 35.5. The average molecular weight is 431 g/mol. The first kappa shape index (κ1) is 19.2. The first-order valence-corrected chi connectivity index (χ1v) is 9.17. The molecule has 4 rings (SSSR count). The van der Waals surface area contributed by atoms with Crippen LogP contribution in [0.3, 0.4) is 0 Å². The minimum absolute atomic E-state index is 0.00821. The van der Waals surface area contributed by atoms with Crippen LogP contribution >= 0.6 is 23.2 Å². The fourth-order valence-corrected chi connectivity index (χ4v) is 3.13. The van der Waals surface area contributed by atoms with Crippen LogP contribution in [0.15, 0.2) is 54.7 Å². The molecule has 0 spiro atoms. The summed E-state index contributed by atoms with van der Waals surface area (Å²) in [6.07, 6.45) is 1.69. The Bertz CT molecular complexity index is 1240. The number of hydrogen-bond donors (Lipinski definition) is 1. The van der Waals surface area contributed by atoms with Crippen molar-refractivity contribution < 1.29 is 13.9 Å². The minimum atomic E-state index is -0.594. The van der Waals surface area contributed by atoms with Gasteiger partial charge in [-0.25, -0.2) is 13.9 Å². The summed E-state index contributed by atoms with van der Waals surface area (Å²) in [5.41, 5.74) is 1.89. The Labute approximate surface area is 174 Å². The Balaban J connectivity index is 1.67. The maximum atomic E-state index is 14.3. The molecule has 0 fully saturated rings. The Morgan fingerprint density at radius 2 is 1.97 bits per heavy atom. The lowest BCUT2D eigenvalue weighted by molar-refractivity contribution is 0.102. The Morgan fingerprint density at radius 3 is 2.76 bits per heavy atom. The molecule has 1 N–H and O–H groups in total. The average Bonchev–Trinajstić information content (AvgIpc) is 3.14. The topological polar surface area (TPSA) is 68.5 Å². The van der Waals surface area contributed by atoms with Crippen molar-refractivity contribution in [1.82, 2.24) is 14.6 Å². The SMILES string of the molecule is COc1ccc2nc(-c3ccc(F)c(NC(=O)c4cc(Cl)ccc4Cl)c3)cn2n1. The van der Waals surface area contributed by atoms with Gasteiger partial charge < -0.3 is 10.1 Å². The second-order valence-corrected chi connectivity index (χ2v) is 6.92. The van der Waals surface area contributed by atoms with E-state index in [1.807, 2.05) is 0 Å². The van der Waals surface area contributed by atoms with Gasteiger partial charge in [-0.3, -0.25) is 4.79 Å². The van der Waals surface area contributed by atoms with Gasteiger partial charge in [-0.2, -0.15) is 0 Å². The zero-order valence-electron chi connectivity index (χ0n) is 15.0. The van der Waals surface area contributed by atoms with Crippen molar-refractivity contribution in [2.75, 3.05) is 12.4 Å². The van der Waals surface area contributed by atoms with E-state index in [-0.39, 0.29) is 16.3 Å². The van der Waals surface area contributed by atoms with E-state index >= 15 is 0 Å². The van der Waals surface area contributed by atoms with Crippen LogP contribution in [-0.2, 0) is 0 Å². The highest BCUT2D eigenvalue weighted by molar-refractivity contribution is 6.36. The van der Waals surface area contributed by atoms with Crippen LogP contribution < -0.4 is 10.1 Å². The highest BCUT2D eigenvalue weighted by Gasteiger charge is 2.15. The third-order valence-corrected chi connectivity index (χ3v) is 4.75. The number of fused-ring (bicyclic) bond motifs is 1. The van der Waals surface area contributed by atoms with Crippen molar-refractivity contribution in [2.24, 2.45) is 0 Å². The normalized spacial score (nSPS) is 10.9. The van der Waals surface area contributed by atoms with E-state index in [1.54, 1.807) is 35.0 Å². The standard InChI is InChI=1S/C20H13Cl2FN4O2/c1-29-19-7-6-18-24-17(10-27(18)26-19)11-2-5-15(23)16(8-11)25-20(28)13-9-12(21)3-4-14(13)22/h2-10H,1H3,(H,25,28). The third kappa shape index (κ3) is 3.87. The number of benzene rings is 2. The Morgan fingerprint density at radius 1 is 1.14 bits per heavy atom. The number of hydrogen-bond acceptors (Lipinski definition) is 4. The van der Waals surface area contributed by atoms with Crippen LogP contribution in [0.4, 0.5) is 10.1 Å². The smallest absolute Gasteiger partial charge is 0.257 e. The lowest BCUT2D eigenvalue weighted by atomic mass is 10.1. The van der Waals surface area contributed by atoms with Crippen LogP contribution in [0.5, 0.6) is 5.88 Å². The van der Waals surface area contributed by atoms with E-state index in [2.05, 4.69) is 15.4 Å². The van der Waals surface area contributed by atoms with Gasteiger partial charge in [-0.1, -0.05) is 23.2 Å². The molecule has 146 valence electrons. The van der Waals surface area contributed by atoms with Crippen LogP contribution in [0.2, 0.25) is 10.0 Å². The Hall–Kier alpha value is -3.16. The van der Waals surface area contributed by atoms with Gasteiger partial charge >= 0.3 is 0 Å². The van der Waals surface area contributed by atoms with Gasteiger partial charge in [0, 0.05) is 16.7 Å². The number of nitrogens with zero attached hydrogens (tertiary/aromatic N) is 3. The first-order valence-electron chi connectivity index (χ1n) is 8.41. The fraction of sp³-hybridized carbons (Fsp3) is 0.0500. The highest BCUT2D eigenvalue weighted by Crippen LogP contribution is 2.27. The number of nitrogens with one attached hydrogen (secondary N) is 1. The number of anilines is 1. The molecule has 0 radical (unpaired) electrons. The molecule has 9 heteroatoms. The van der Waals surface area contributed by atoms with E-state index in [9.17, 15) is 9.18 Å². The molecular weight excluding hydrogens is 418 g/mol. The number of halogens is 3. The summed E-state index contributed by atoms with van der Waals surface area (Å²) in [4.78, 5) is 17.0. The van der Waals surface area contributed by atoms with Crippen molar-refractivity contribution in [1.29, 1.82) is 0 Å². The number of ether oxygens (including phenoxy) is 1. The molecule has 0 saturated carbocycles. The molecule has 0 bridgehead atoms. The summed E-state index contributed by atoms with van der Waals surface area (Å²) >= 11 is 12.0. The summed E-state index contributed by atoms with van der Waals surface area (Å²) in [6.45, 7) is 0. The maximum Gasteiger partial charge on any atom is 0.257 e. The molecule has 0 unspecified atom stereocenters. The van der Waals surface area contributed by atoms with Crippen molar-refractivity contribution in [3.05, 3.63) is 76.2 Å². The molecule has 0 saturated heterocycles. The summed E-state index contributed by atoms with van der Waals surface area (Å²) in [6, 6.07) is 12.2. The third-order valence-electron chi connectivity index (χ3n) is 4.19. The van der Waals surface area contributed by atoms with Gasteiger partial charge in [0.2, 0.25) is 5.88 Å². The Kier molecular flexibility index (Phi) is 5.08. The number of imidazole rings is 1. The second-order valence-electron chi connectivity index (χ2n) is 6.08. The van der Waals surface area contributed by atoms with Gasteiger partial charge in [0.15, 0.2) is 5.65 Å². The second kappa shape index (κ2) is 7.69. The molecule has 29 heavy (non-hydrogen) atoms. The number of methoxy groups -OCH3 is 1. The van der Waals surface area contributed by atoms with Crippen LogP contribution in [0.25, 0.3) is 16.9 Å². The molecular formula is C20H13Cl2FN4O2. The van der Waals surface area contributed by atoms with E-state index in [0.717, 1.165) is 0 Å². The molecule has 2 aromatic carbocycles. The molecule has 2 heterocycles. The predicted molar refractivity (Wildman–Crippen MR) is 109 cm³/mol. The monoisotopic (exact) mass is 430 g/mol.